The molecular formula is C20H19N5O6S. The third-order valence-corrected chi connectivity index (χ3v) is 5.43. The molecule has 0 unspecified atom stereocenters. The number of fused-ring (bicyclic) bond motifs is 1. The lowest BCUT2D eigenvalue weighted by atomic mass is 10.1. The standard InChI is InChI=1S/C20H19N5O6S/c21-20-24-13-6-3-11(22-16(13)18(29)25-20)9-32-12-4-1-10(2-5-12)17(28)23-14(19(30)31)7-8-15(26)27/h1-6,14H,7-9H2,(H,23,28)(H,26,27)(H,30,31)(H3,21,24,25,29)/t14-/m0/s1. The molecule has 6 N–H and O–H groups in total. The Balaban J connectivity index is 1.62. The molecule has 0 saturated heterocycles. The molecular weight excluding hydrogens is 438 g/mol. The molecule has 0 saturated carbocycles. The molecule has 1 aromatic carbocycles. The van der Waals surface area contributed by atoms with Crippen LogP contribution in [0.1, 0.15) is 28.9 Å². The molecule has 3 aromatic rings. The summed E-state index contributed by atoms with van der Waals surface area (Å²) in [5.41, 5.74) is 6.60. The zero-order valence-corrected chi connectivity index (χ0v) is 17.4. The van der Waals surface area contributed by atoms with Gasteiger partial charge in [-0.15, -0.1) is 11.8 Å². The number of carboxylic acids is 2. The summed E-state index contributed by atoms with van der Waals surface area (Å²) in [7, 11) is 0. The van der Waals surface area contributed by atoms with Crippen molar-refractivity contribution >= 4 is 46.6 Å². The summed E-state index contributed by atoms with van der Waals surface area (Å²) in [4.78, 5) is 57.7. The third kappa shape index (κ3) is 5.82. The number of nitrogen functional groups attached to an aromatic ring is 1. The van der Waals surface area contributed by atoms with E-state index in [1.807, 2.05) is 0 Å². The first-order valence-corrected chi connectivity index (χ1v) is 10.3. The number of anilines is 1. The molecule has 0 fully saturated rings. The van der Waals surface area contributed by atoms with Crippen molar-refractivity contribution in [1.29, 1.82) is 0 Å². The molecule has 0 aliphatic rings. The Morgan fingerprint density at radius 2 is 1.81 bits per heavy atom. The maximum Gasteiger partial charge on any atom is 0.326 e. The maximum absolute atomic E-state index is 12.3. The SMILES string of the molecule is Nc1nc2ccc(CSc3ccc(C(=O)N[C@@H](CCC(=O)O)C(=O)O)cc3)nc2c(=O)[nH]1. The molecule has 3 rings (SSSR count). The summed E-state index contributed by atoms with van der Waals surface area (Å²) in [5, 5.41) is 20.2. The summed E-state index contributed by atoms with van der Waals surface area (Å²) in [6.45, 7) is 0. The summed E-state index contributed by atoms with van der Waals surface area (Å²) in [6.07, 6.45) is -0.584. The molecule has 2 aromatic heterocycles. The highest BCUT2D eigenvalue weighted by Crippen LogP contribution is 2.23. The van der Waals surface area contributed by atoms with Crippen molar-refractivity contribution in [1.82, 2.24) is 20.3 Å². The summed E-state index contributed by atoms with van der Waals surface area (Å²) in [6, 6.07) is 8.59. The summed E-state index contributed by atoms with van der Waals surface area (Å²) >= 11 is 1.43. The molecule has 11 nitrogen and oxygen atoms in total. The van der Waals surface area contributed by atoms with Gasteiger partial charge in [-0.3, -0.25) is 19.4 Å². The number of carbonyl (C=O) groups is 3. The Kier molecular flexibility index (Phi) is 7.05. The van der Waals surface area contributed by atoms with E-state index < -0.39 is 29.4 Å². The van der Waals surface area contributed by atoms with E-state index in [1.165, 1.54) is 11.8 Å². The fraction of sp³-hybridized carbons (Fsp3) is 0.200. The van der Waals surface area contributed by atoms with Crippen molar-refractivity contribution in [2.24, 2.45) is 0 Å². The van der Waals surface area contributed by atoms with Crippen LogP contribution in [0.2, 0.25) is 0 Å². The number of hydrogen-bond donors (Lipinski definition) is 5. The van der Waals surface area contributed by atoms with Gasteiger partial charge in [-0.05, 0) is 42.8 Å². The van der Waals surface area contributed by atoms with Crippen LogP contribution in [0.4, 0.5) is 5.95 Å². The Morgan fingerprint density at radius 3 is 2.47 bits per heavy atom. The predicted molar refractivity (Wildman–Crippen MR) is 116 cm³/mol. The number of benzene rings is 1. The number of amides is 1. The Hall–Kier alpha value is -3.93. The number of hydrogen-bond acceptors (Lipinski definition) is 8. The number of nitrogens with two attached hydrogens (primary N) is 1. The number of carboxylic acid groups (broad SMARTS) is 2. The van der Waals surface area contributed by atoms with Gasteiger partial charge in [0.25, 0.3) is 11.5 Å². The first-order valence-electron chi connectivity index (χ1n) is 9.36. The fourth-order valence-corrected chi connectivity index (χ4v) is 3.59. The van der Waals surface area contributed by atoms with Gasteiger partial charge in [0, 0.05) is 22.6 Å². The number of thioether (sulfide) groups is 1. The minimum absolute atomic E-state index is 0.0205. The number of rotatable bonds is 9. The Morgan fingerprint density at radius 1 is 1.09 bits per heavy atom. The van der Waals surface area contributed by atoms with Gasteiger partial charge >= 0.3 is 11.9 Å². The molecule has 12 heteroatoms. The normalized spacial score (nSPS) is 11.8. The van der Waals surface area contributed by atoms with Crippen LogP contribution >= 0.6 is 11.8 Å². The Bertz CT molecular complexity index is 1230. The van der Waals surface area contributed by atoms with Crippen molar-refractivity contribution < 1.29 is 24.6 Å². The van der Waals surface area contributed by atoms with Crippen molar-refractivity contribution in [2.45, 2.75) is 29.5 Å². The number of aromatic nitrogens is 3. The number of nitrogens with zero attached hydrogens (tertiary/aromatic N) is 2. The molecule has 0 aliphatic heterocycles. The number of H-pyrrole nitrogens is 1. The largest absolute Gasteiger partial charge is 0.481 e. The number of pyridine rings is 1. The van der Waals surface area contributed by atoms with Gasteiger partial charge in [-0.1, -0.05) is 0 Å². The van der Waals surface area contributed by atoms with E-state index >= 15 is 0 Å². The first-order chi connectivity index (χ1) is 15.2. The highest BCUT2D eigenvalue weighted by atomic mass is 32.2. The minimum atomic E-state index is -1.30. The predicted octanol–water partition coefficient (Wildman–Crippen LogP) is 1.24. The maximum atomic E-state index is 12.3. The average Bonchev–Trinajstić information content (AvgIpc) is 2.75. The van der Waals surface area contributed by atoms with Crippen LogP contribution in [0.5, 0.6) is 0 Å². The van der Waals surface area contributed by atoms with Crippen molar-refractivity contribution in [3.05, 3.63) is 58.0 Å². The smallest absolute Gasteiger partial charge is 0.326 e. The second-order valence-electron chi connectivity index (χ2n) is 6.73. The summed E-state index contributed by atoms with van der Waals surface area (Å²) in [5.74, 6) is -2.57. The van der Waals surface area contributed by atoms with Crippen LogP contribution in [0, 0.1) is 0 Å². The molecule has 0 spiro atoms. The zero-order valence-electron chi connectivity index (χ0n) is 16.6. The van der Waals surface area contributed by atoms with Crippen molar-refractivity contribution in [3.63, 3.8) is 0 Å². The quantitative estimate of drug-likeness (QED) is 0.292. The molecule has 2 heterocycles. The van der Waals surface area contributed by atoms with E-state index in [-0.39, 0.29) is 29.9 Å². The molecule has 0 radical (unpaired) electrons. The van der Waals surface area contributed by atoms with Crippen molar-refractivity contribution in [3.8, 4) is 0 Å². The van der Waals surface area contributed by atoms with Crippen LogP contribution < -0.4 is 16.6 Å². The Labute approximate surface area is 185 Å². The van der Waals surface area contributed by atoms with Crippen molar-refractivity contribution in [2.75, 3.05) is 5.73 Å². The number of aromatic amines is 1. The number of nitrogens with one attached hydrogen (secondary N) is 2. The van der Waals surface area contributed by atoms with Crippen LogP contribution in [0.15, 0.2) is 46.1 Å². The number of aliphatic carboxylic acids is 2. The van der Waals surface area contributed by atoms with Gasteiger partial charge in [0.05, 0.1) is 11.2 Å². The van der Waals surface area contributed by atoms with Gasteiger partial charge in [0.15, 0.2) is 5.52 Å². The average molecular weight is 457 g/mol. The lowest BCUT2D eigenvalue weighted by molar-refractivity contribution is -0.140. The van der Waals surface area contributed by atoms with Gasteiger partial charge in [0.1, 0.15) is 6.04 Å². The van der Waals surface area contributed by atoms with Crippen LogP contribution in [-0.2, 0) is 15.3 Å². The van der Waals surface area contributed by atoms with E-state index in [4.69, 9.17) is 15.9 Å². The molecule has 32 heavy (non-hydrogen) atoms. The lowest BCUT2D eigenvalue weighted by Crippen LogP contribution is -2.41. The zero-order chi connectivity index (χ0) is 23.3. The van der Waals surface area contributed by atoms with Gasteiger partial charge in [-0.2, -0.15) is 0 Å². The van der Waals surface area contributed by atoms with E-state index in [0.717, 1.165) is 4.90 Å². The van der Waals surface area contributed by atoms with E-state index in [0.29, 0.717) is 17.0 Å². The van der Waals surface area contributed by atoms with Crippen LogP contribution in [0.3, 0.4) is 0 Å². The van der Waals surface area contributed by atoms with Crippen LogP contribution in [-0.4, -0.2) is 49.1 Å². The summed E-state index contributed by atoms with van der Waals surface area (Å²) < 4.78 is 0. The highest BCUT2D eigenvalue weighted by molar-refractivity contribution is 7.98. The van der Waals surface area contributed by atoms with Gasteiger partial charge < -0.3 is 21.3 Å². The second kappa shape index (κ2) is 9.92. The monoisotopic (exact) mass is 457 g/mol. The van der Waals surface area contributed by atoms with E-state index in [1.54, 1.807) is 36.4 Å². The molecule has 0 bridgehead atoms. The van der Waals surface area contributed by atoms with E-state index in [9.17, 15) is 19.2 Å². The molecule has 166 valence electrons. The molecule has 1 amide bonds. The number of carbonyl (C=O) groups excluding carboxylic acids is 1. The second-order valence-corrected chi connectivity index (χ2v) is 7.78. The first kappa shape index (κ1) is 22.7. The highest BCUT2D eigenvalue weighted by Gasteiger charge is 2.21. The lowest BCUT2D eigenvalue weighted by Gasteiger charge is -2.13. The van der Waals surface area contributed by atoms with Gasteiger partial charge in [0.2, 0.25) is 5.95 Å². The van der Waals surface area contributed by atoms with E-state index in [2.05, 4.69) is 20.3 Å². The van der Waals surface area contributed by atoms with Gasteiger partial charge in [-0.25, -0.2) is 14.8 Å². The minimum Gasteiger partial charge on any atom is -0.481 e. The molecule has 0 aliphatic carbocycles. The third-order valence-electron chi connectivity index (χ3n) is 4.38. The topological polar surface area (TPSA) is 188 Å². The molecule has 1 atom stereocenters. The van der Waals surface area contributed by atoms with Crippen LogP contribution in [0.25, 0.3) is 11.0 Å². The fourth-order valence-electron chi connectivity index (χ4n) is 2.79.